The third-order valence-electron chi connectivity index (χ3n) is 2.48. The Bertz CT molecular complexity index is 542. The van der Waals surface area contributed by atoms with Crippen LogP contribution >= 0.6 is 11.8 Å². The van der Waals surface area contributed by atoms with Crippen LogP contribution in [0.5, 0.6) is 11.5 Å². The number of rotatable bonds is 6. The summed E-state index contributed by atoms with van der Waals surface area (Å²) in [6.07, 6.45) is 1.12. The molecule has 0 aliphatic rings. The number of aromatic hydroxyl groups is 1. The first-order chi connectivity index (χ1) is 9.24. The Morgan fingerprint density at radius 1 is 1.42 bits per heavy atom. The standard InChI is InChI=1S/C13H16N2O3S/c1-3-6-19-8-12-14-13(18-15-12)10-5-4-9(17-2)7-11(10)16/h4-5,7,16H,3,6,8H2,1-2H3. The fourth-order valence-electron chi connectivity index (χ4n) is 1.55. The second-order valence-electron chi connectivity index (χ2n) is 3.95. The lowest BCUT2D eigenvalue weighted by atomic mass is 10.2. The van der Waals surface area contributed by atoms with Gasteiger partial charge in [0, 0.05) is 6.07 Å². The lowest BCUT2D eigenvalue weighted by Crippen LogP contribution is -1.86. The molecule has 5 nitrogen and oxygen atoms in total. The van der Waals surface area contributed by atoms with Crippen LogP contribution in [-0.2, 0) is 5.75 Å². The second kappa shape index (κ2) is 6.47. The molecule has 1 aromatic heterocycles. The summed E-state index contributed by atoms with van der Waals surface area (Å²) in [7, 11) is 1.55. The van der Waals surface area contributed by atoms with Crippen molar-refractivity contribution in [2.45, 2.75) is 19.1 Å². The molecule has 0 spiro atoms. The number of thioether (sulfide) groups is 1. The van der Waals surface area contributed by atoms with E-state index in [2.05, 4.69) is 17.1 Å². The van der Waals surface area contributed by atoms with Crippen molar-refractivity contribution in [3.05, 3.63) is 24.0 Å². The van der Waals surface area contributed by atoms with Gasteiger partial charge in [-0.15, -0.1) is 0 Å². The molecule has 0 radical (unpaired) electrons. The molecule has 2 aromatic rings. The van der Waals surface area contributed by atoms with Gasteiger partial charge in [0.25, 0.3) is 5.89 Å². The first-order valence-corrected chi connectivity index (χ1v) is 7.17. The summed E-state index contributed by atoms with van der Waals surface area (Å²) in [6, 6.07) is 4.96. The second-order valence-corrected chi connectivity index (χ2v) is 5.06. The third-order valence-corrected chi connectivity index (χ3v) is 3.64. The van der Waals surface area contributed by atoms with Crippen molar-refractivity contribution in [1.29, 1.82) is 0 Å². The van der Waals surface area contributed by atoms with Gasteiger partial charge in [0.2, 0.25) is 0 Å². The molecule has 0 unspecified atom stereocenters. The van der Waals surface area contributed by atoms with E-state index in [9.17, 15) is 5.11 Å². The van der Waals surface area contributed by atoms with Gasteiger partial charge in [-0.05, 0) is 24.3 Å². The summed E-state index contributed by atoms with van der Waals surface area (Å²) in [5.41, 5.74) is 0.514. The maximum atomic E-state index is 9.89. The molecule has 6 heteroatoms. The van der Waals surface area contributed by atoms with Crippen molar-refractivity contribution >= 4 is 11.8 Å². The van der Waals surface area contributed by atoms with Crippen molar-refractivity contribution in [1.82, 2.24) is 10.1 Å². The Balaban J connectivity index is 2.13. The molecule has 0 aliphatic carbocycles. The Kier molecular flexibility index (Phi) is 4.68. The fraction of sp³-hybridized carbons (Fsp3) is 0.385. The Hall–Kier alpha value is -1.69. The molecule has 2 rings (SSSR count). The van der Waals surface area contributed by atoms with Gasteiger partial charge in [-0.3, -0.25) is 0 Å². The van der Waals surface area contributed by atoms with Crippen LogP contribution in [0.3, 0.4) is 0 Å². The van der Waals surface area contributed by atoms with Gasteiger partial charge in [-0.2, -0.15) is 16.7 Å². The van der Waals surface area contributed by atoms with Crippen molar-refractivity contribution < 1.29 is 14.4 Å². The molecule has 0 amide bonds. The van der Waals surface area contributed by atoms with E-state index in [1.165, 1.54) is 6.07 Å². The summed E-state index contributed by atoms with van der Waals surface area (Å²) in [6.45, 7) is 2.13. The van der Waals surface area contributed by atoms with E-state index in [0.717, 1.165) is 12.2 Å². The number of aromatic nitrogens is 2. The molecular weight excluding hydrogens is 264 g/mol. The molecule has 1 heterocycles. The molecule has 1 aromatic carbocycles. The van der Waals surface area contributed by atoms with Crippen LogP contribution in [0.1, 0.15) is 19.2 Å². The van der Waals surface area contributed by atoms with E-state index in [4.69, 9.17) is 9.26 Å². The predicted octanol–water partition coefficient (Wildman–Crippen LogP) is 3.09. The highest BCUT2D eigenvalue weighted by Crippen LogP contribution is 2.31. The third kappa shape index (κ3) is 3.41. The van der Waals surface area contributed by atoms with Gasteiger partial charge in [0.15, 0.2) is 5.82 Å². The number of ether oxygens (including phenoxy) is 1. The summed E-state index contributed by atoms with van der Waals surface area (Å²) in [4.78, 5) is 4.27. The van der Waals surface area contributed by atoms with Crippen LogP contribution in [0.15, 0.2) is 22.7 Å². The number of phenolic OH excluding ortho intramolecular Hbond substituents is 1. The van der Waals surface area contributed by atoms with Crippen LogP contribution in [0.4, 0.5) is 0 Å². The monoisotopic (exact) mass is 280 g/mol. The molecule has 0 fully saturated rings. The number of hydrogen-bond acceptors (Lipinski definition) is 6. The molecule has 19 heavy (non-hydrogen) atoms. The smallest absolute Gasteiger partial charge is 0.261 e. The zero-order chi connectivity index (χ0) is 13.7. The highest BCUT2D eigenvalue weighted by atomic mass is 32.2. The van der Waals surface area contributed by atoms with Crippen LogP contribution in [-0.4, -0.2) is 28.1 Å². The Labute approximate surface area is 116 Å². The number of nitrogens with zero attached hydrogens (tertiary/aromatic N) is 2. The Morgan fingerprint density at radius 3 is 2.95 bits per heavy atom. The van der Waals surface area contributed by atoms with Gasteiger partial charge >= 0.3 is 0 Å². The van der Waals surface area contributed by atoms with Gasteiger partial charge < -0.3 is 14.4 Å². The molecule has 0 aliphatic heterocycles. The van der Waals surface area contributed by atoms with E-state index in [1.807, 2.05) is 0 Å². The number of hydrogen-bond donors (Lipinski definition) is 1. The minimum Gasteiger partial charge on any atom is -0.507 e. The van der Waals surface area contributed by atoms with Crippen LogP contribution in [0, 0.1) is 0 Å². The quantitative estimate of drug-likeness (QED) is 0.820. The van der Waals surface area contributed by atoms with E-state index in [-0.39, 0.29) is 5.75 Å². The van der Waals surface area contributed by atoms with Crippen molar-refractivity contribution in [2.75, 3.05) is 12.9 Å². The van der Waals surface area contributed by atoms with Gasteiger partial charge in [0.1, 0.15) is 11.5 Å². The zero-order valence-corrected chi connectivity index (χ0v) is 11.7. The maximum Gasteiger partial charge on any atom is 0.261 e. The highest BCUT2D eigenvalue weighted by molar-refractivity contribution is 7.98. The average molecular weight is 280 g/mol. The molecule has 0 saturated carbocycles. The van der Waals surface area contributed by atoms with E-state index >= 15 is 0 Å². The lowest BCUT2D eigenvalue weighted by molar-refractivity contribution is 0.404. The molecule has 0 bridgehead atoms. The zero-order valence-electron chi connectivity index (χ0n) is 10.9. The number of benzene rings is 1. The number of phenols is 1. The Morgan fingerprint density at radius 2 is 2.26 bits per heavy atom. The van der Waals surface area contributed by atoms with E-state index in [0.29, 0.717) is 28.8 Å². The lowest BCUT2D eigenvalue weighted by Gasteiger charge is -2.02. The highest BCUT2D eigenvalue weighted by Gasteiger charge is 2.13. The molecule has 0 saturated heterocycles. The summed E-state index contributed by atoms with van der Waals surface area (Å²) in [5, 5.41) is 13.8. The molecule has 1 N–H and O–H groups in total. The first-order valence-electron chi connectivity index (χ1n) is 6.02. The van der Waals surface area contributed by atoms with Crippen LogP contribution < -0.4 is 4.74 Å². The van der Waals surface area contributed by atoms with Crippen molar-refractivity contribution in [3.8, 4) is 23.0 Å². The van der Waals surface area contributed by atoms with Gasteiger partial charge in [-0.25, -0.2) is 0 Å². The number of methoxy groups -OCH3 is 1. The van der Waals surface area contributed by atoms with E-state index in [1.54, 1.807) is 31.0 Å². The minimum absolute atomic E-state index is 0.0655. The topological polar surface area (TPSA) is 68.4 Å². The summed E-state index contributed by atoms with van der Waals surface area (Å²) in [5.74, 6) is 3.40. The first kappa shape index (κ1) is 13.7. The maximum absolute atomic E-state index is 9.89. The minimum atomic E-state index is 0.0655. The van der Waals surface area contributed by atoms with Crippen molar-refractivity contribution in [3.63, 3.8) is 0 Å². The normalized spacial score (nSPS) is 10.6. The van der Waals surface area contributed by atoms with Gasteiger partial charge in [-0.1, -0.05) is 12.1 Å². The van der Waals surface area contributed by atoms with Gasteiger partial charge in [0.05, 0.1) is 18.4 Å². The largest absolute Gasteiger partial charge is 0.507 e. The molecular formula is C13H16N2O3S. The summed E-state index contributed by atoms with van der Waals surface area (Å²) < 4.78 is 10.2. The SMILES string of the molecule is CCCSCc1noc(-c2ccc(OC)cc2O)n1. The van der Waals surface area contributed by atoms with Crippen LogP contribution in [0.2, 0.25) is 0 Å². The predicted molar refractivity (Wildman–Crippen MR) is 74.4 cm³/mol. The van der Waals surface area contributed by atoms with Crippen molar-refractivity contribution in [2.24, 2.45) is 0 Å². The molecule has 102 valence electrons. The van der Waals surface area contributed by atoms with Crippen LogP contribution in [0.25, 0.3) is 11.5 Å². The van der Waals surface area contributed by atoms with E-state index < -0.39 is 0 Å². The summed E-state index contributed by atoms with van der Waals surface area (Å²) >= 11 is 1.76. The fourth-order valence-corrected chi connectivity index (χ4v) is 2.28. The molecule has 0 atom stereocenters. The average Bonchev–Trinajstić information content (AvgIpc) is 2.87.